The lowest BCUT2D eigenvalue weighted by Gasteiger charge is -2.30. The van der Waals surface area contributed by atoms with E-state index in [2.05, 4.69) is 56.9 Å². The van der Waals surface area contributed by atoms with Gasteiger partial charge < -0.3 is 68.7 Å². The fourth-order valence-corrected chi connectivity index (χ4v) is 10.2. The van der Waals surface area contributed by atoms with Gasteiger partial charge in [-0.25, -0.2) is 14.8 Å². The average Bonchev–Trinajstić information content (AvgIpc) is 1.70. The topological polar surface area (TPSA) is 428 Å². The highest BCUT2D eigenvalue weighted by Gasteiger charge is 2.39. The van der Waals surface area contributed by atoms with Gasteiger partial charge in [0, 0.05) is 106 Å². The van der Waals surface area contributed by atoms with Gasteiger partial charge in [-0.3, -0.25) is 53.2 Å². The second-order valence-electron chi connectivity index (χ2n) is 19.7. The maximum atomic E-state index is 13.9. The SMILES string of the molecule is NCCNCCN=C1C(=NN)c2ccccc2CN(C(=O)CCNC(=O)CCOCCOCCNC(=O)CCN2C(=O)CC(SCCNC(=O)CC[C@H](NC(=O)c3ccc(NCc4cnc5nc(N)[nH]c(=O)c5n4)cc3)C(=O)O)C2=O)c2ccccc21. The number of nitrogens with zero attached hydrogens (tertiary/aromatic N) is 7. The number of hydrazone groups is 1. The Balaban J connectivity index is 0.704. The van der Waals surface area contributed by atoms with Crippen LogP contribution in [-0.2, 0) is 56.1 Å². The van der Waals surface area contributed by atoms with Gasteiger partial charge in [0.2, 0.25) is 41.4 Å². The molecule has 2 aliphatic rings. The van der Waals surface area contributed by atoms with Gasteiger partial charge >= 0.3 is 5.97 Å². The number of ether oxygens (including phenoxy) is 2. The molecule has 3 aromatic carbocycles. The van der Waals surface area contributed by atoms with Crippen LogP contribution >= 0.6 is 11.8 Å². The van der Waals surface area contributed by atoms with Crippen molar-refractivity contribution < 1.29 is 52.9 Å². The number of likely N-dealkylation sites (tertiary alicyclic amines) is 1. The van der Waals surface area contributed by atoms with Crippen molar-refractivity contribution in [2.75, 3.05) is 100 Å². The largest absolute Gasteiger partial charge is 0.480 e. The molecule has 30 heteroatoms. The van der Waals surface area contributed by atoms with E-state index in [0.29, 0.717) is 60.2 Å². The summed E-state index contributed by atoms with van der Waals surface area (Å²) in [5, 5.41) is 30.1. The number of aliphatic carboxylic acids is 1. The number of nitrogen functional groups attached to an aromatic ring is 1. The molecule has 0 aliphatic carbocycles. The molecule has 2 atom stereocenters. The molecule has 1 saturated heterocycles. The van der Waals surface area contributed by atoms with E-state index in [4.69, 9.17) is 31.8 Å². The predicted molar refractivity (Wildman–Crippen MR) is 324 cm³/mol. The molecule has 0 saturated carbocycles. The number of hydrogen-bond acceptors (Lipinski definition) is 22. The van der Waals surface area contributed by atoms with Crippen molar-refractivity contribution in [3.8, 4) is 0 Å². The minimum Gasteiger partial charge on any atom is -0.480 e. The number of carbonyl (C=O) groups is 8. The van der Waals surface area contributed by atoms with E-state index in [1.807, 2.05) is 48.5 Å². The predicted octanol–water partition coefficient (Wildman–Crippen LogP) is -0.469. The number of hydrogen-bond donors (Lipinski definition) is 11. The van der Waals surface area contributed by atoms with Crippen LogP contribution in [0.4, 0.5) is 17.3 Å². The molecule has 2 aliphatic heterocycles. The minimum absolute atomic E-state index is 0.0264. The molecule has 0 spiro atoms. The highest BCUT2D eigenvalue weighted by molar-refractivity contribution is 8.00. The molecule has 2 aromatic heterocycles. The van der Waals surface area contributed by atoms with Crippen molar-refractivity contribution in [3.63, 3.8) is 0 Å². The van der Waals surface area contributed by atoms with Crippen molar-refractivity contribution in [1.29, 1.82) is 0 Å². The fraction of sp³-hybridized carbons (Fsp3) is 0.404. The summed E-state index contributed by atoms with van der Waals surface area (Å²) in [6.07, 6.45) is 0.932. The number of nitrogens with one attached hydrogen (secondary N) is 7. The number of aliphatic imine (C=N–C) groups is 1. The molecule has 1 unspecified atom stereocenters. The van der Waals surface area contributed by atoms with E-state index in [0.717, 1.165) is 16.0 Å². The Kier molecular flexibility index (Phi) is 25.1. The lowest BCUT2D eigenvalue weighted by atomic mass is 9.91. The van der Waals surface area contributed by atoms with Crippen molar-refractivity contribution >= 4 is 99.0 Å². The Morgan fingerprint density at radius 1 is 0.793 bits per heavy atom. The maximum Gasteiger partial charge on any atom is 0.326 e. The summed E-state index contributed by atoms with van der Waals surface area (Å²) in [6.45, 7) is 3.55. The summed E-state index contributed by atoms with van der Waals surface area (Å²) in [5.41, 5.74) is 16.0. The molecular formula is C57H71N17O12S. The summed E-state index contributed by atoms with van der Waals surface area (Å²) in [7, 11) is 0. The number of carboxylic acids is 1. The molecule has 14 N–H and O–H groups in total. The third-order valence-corrected chi connectivity index (χ3v) is 14.7. The third-order valence-electron chi connectivity index (χ3n) is 13.5. The lowest BCUT2D eigenvalue weighted by molar-refractivity contribution is -0.140. The average molecular weight is 1220 g/mol. The van der Waals surface area contributed by atoms with E-state index in [-0.39, 0.29) is 150 Å². The monoisotopic (exact) mass is 1220 g/mol. The number of carbonyl (C=O) groups excluding carboxylic acids is 7. The Bertz CT molecular complexity index is 3380. The molecule has 0 radical (unpaired) electrons. The van der Waals surface area contributed by atoms with Crippen LogP contribution in [0.2, 0.25) is 0 Å². The minimum atomic E-state index is -1.37. The molecule has 7 amide bonds. The number of anilines is 3. The van der Waals surface area contributed by atoms with E-state index < -0.39 is 46.4 Å². The van der Waals surface area contributed by atoms with E-state index in [1.165, 1.54) is 30.1 Å². The highest BCUT2D eigenvalue weighted by atomic mass is 32.2. The van der Waals surface area contributed by atoms with E-state index in [1.54, 1.807) is 17.0 Å². The molecule has 462 valence electrons. The quantitative estimate of drug-likeness (QED) is 0.0109. The summed E-state index contributed by atoms with van der Waals surface area (Å²) in [5.74, 6) is 1.97. The zero-order valence-electron chi connectivity index (χ0n) is 47.7. The van der Waals surface area contributed by atoms with Crippen LogP contribution < -0.4 is 59.7 Å². The molecule has 0 bridgehead atoms. The molecule has 5 aromatic rings. The van der Waals surface area contributed by atoms with Gasteiger partial charge in [-0.15, -0.1) is 11.8 Å². The number of amides is 7. The van der Waals surface area contributed by atoms with Gasteiger partial charge in [0.1, 0.15) is 11.8 Å². The molecule has 87 heavy (non-hydrogen) atoms. The molecule has 1 fully saturated rings. The Hall–Kier alpha value is -9.23. The number of carboxylic acid groups (broad SMARTS) is 1. The van der Waals surface area contributed by atoms with Crippen molar-refractivity contribution in [3.05, 3.63) is 117 Å². The van der Waals surface area contributed by atoms with Crippen LogP contribution in [-0.4, -0.2) is 185 Å². The summed E-state index contributed by atoms with van der Waals surface area (Å²) < 4.78 is 11.1. The maximum absolute atomic E-state index is 13.9. The number of H-pyrrole nitrogens is 1. The zero-order chi connectivity index (χ0) is 62.1. The third kappa shape index (κ3) is 19.4. The second-order valence-corrected chi connectivity index (χ2v) is 21.0. The first-order chi connectivity index (χ1) is 42.1. The lowest BCUT2D eigenvalue weighted by Crippen LogP contribution is -2.41. The molecule has 7 rings (SSSR count). The number of nitrogens with two attached hydrogens (primary N) is 3. The van der Waals surface area contributed by atoms with Gasteiger partial charge in [0.25, 0.3) is 11.5 Å². The van der Waals surface area contributed by atoms with Crippen molar-refractivity contribution in [2.45, 2.75) is 62.9 Å². The van der Waals surface area contributed by atoms with Gasteiger partial charge in [-0.2, -0.15) is 10.1 Å². The number of fused-ring (bicyclic) bond motifs is 3. The van der Waals surface area contributed by atoms with Crippen LogP contribution in [0.15, 0.2) is 93.9 Å². The highest BCUT2D eigenvalue weighted by Crippen LogP contribution is 2.30. The van der Waals surface area contributed by atoms with Crippen LogP contribution in [0.1, 0.15) is 71.3 Å². The number of aromatic nitrogens is 4. The summed E-state index contributed by atoms with van der Waals surface area (Å²) >= 11 is 1.17. The number of thioether (sulfide) groups is 1. The number of imide groups is 1. The number of para-hydroxylation sites is 1. The number of benzene rings is 3. The van der Waals surface area contributed by atoms with Crippen molar-refractivity contribution in [2.24, 2.45) is 21.7 Å². The Morgan fingerprint density at radius 3 is 2.28 bits per heavy atom. The summed E-state index contributed by atoms with van der Waals surface area (Å²) in [4.78, 5) is 137. The standard InChI is InChI=1S/C57H71N17O12S/c58-18-20-61-21-22-65-49-40-7-3-4-8-42(40)74(34-36-5-1-2-6-39(36)50(49)72-60)47(78)15-19-62-46(77)17-26-85-28-29-86-27-23-63-45(76)16-25-73-48(79)31-43(55(73)82)87-30-24-64-44(75)14-13-41(56(83)84)69-53(80)35-9-11-37(12-10-35)66-32-38-33-67-52-51(68-38)54(81)71-57(59)70-52/h1-12,33,41,43,61,66H,13-32,34,58,60H2,(H,62,77)(H,63,76)(H,64,75)(H,69,80)(H,83,84)(H3,59,67,70,71,81)/t41-,43?/m0/s1. The van der Waals surface area contributed by atoms with Gasteiger partial charge in [0.15, 0.2) is 11.2 Å². The van der Waals surface area contributed by atoms with E-state index in [9.17, 15) is 48.3 Å². The molecule has 29 nitrogen and oxygen atoms in total. The number of rotatable bonds is 33. The van der Waals surface area contributed by atoms with Gasteiger partial charge in [0.05, 0.1) is 74.6 Å². The first-order valence-electron chi connectivity index (χ1n) is 28.2. The van der Waals surface area contributed by atoms with Crippen LogP contribution in [0.3, 0.4) is 0 Å². The zero-order valence-corrected chi connectivity index (χ0v) is 48.5. The van der Waals surface area contributed by atoms with Crippen LogP contribution in [0.25, 0.3) is 11.2 Å². The van der Waals surface area contributed by atoms with Crippen LogP contribution in [0, 0.1) is 0 Å². The molecular weight excluding hydrogens is 1150 g/mol. The smallest absolute Gasteiger partial charge is 0.326 e. The van der Waals surface area contributed by atoms with Gasteiger partial charge in [-0.1, -0.05) is 42.5 Å². The Labute approximate surface area is 503 Å². The Morgan fingerprint density at radius 2 is 1.51 bits per heavy atom. The fourth-order valence-electron chi connectivity index (χ4n) is 9.14. The first-order valence-corrected chi connectivity index (χ1v) is 29.2. The normalized spacial score (nSPS) is 15.1. The number of aromatic amines is 1. The first kappa shape index (κ1) is 65.3. The molecule has 4 heterocycles. The summed E-state index contributed by atoms with van der Waals surface area (Å²) in [6, 6.07) is 19.8. The van der Waals surface area contributed by atoms with Gasteiger partial charge in [-0.05, 0) is 42.3 Å². The second kappa shape index (κ2) is 33.5. The van der Waals surface area contributed by atoms with Crippen LogP contribution in [0.5, 0.6) is 0 Å². The van der Waals surface area contributed by atoms with Crippen molar-refractivity contribution in [1.82, 2.24) is 51.4 Å². The van der Waals surface area contributed by atoms with E-state index >= 15 is 0 Å².